The Morgan fingerprint density at radius 1 is 1.05 bits per heavy atom. The number of hydrogen-bond donors (Lipinski definition) is 4. The Morgan fingerprint density at radius 3 is 2.10 bits per heavy atom. The van der Waals surface area contributed by atoms with Gasteiger partial charge in [-0.05, 0) is 29.3 Å². The molecule has 0 aliphatic heterocycles. The Morgan fingerprint density at radius 2 is 1.60 bits per heavy atom. The number of rotatable bonds is 3. The molecule has 6 heteroatoms. The summed E-state index contributed by atoms with van der Waals surface area (Å²) in [7, 11) is 0. The third kappa shape index (κ3) is 2.06. The normalized spacial score (nSPS) is 20.2. The molecule has 20 heavy (non-hydrogen) atoms. The van der Waals surface area contributed by atoms with Gasteiger partial charge in [-0.1, -0.05) is 24.3 Å². The van der Waals surface area contributed by atoms with Crippen molar-refractivity contribution in [2.24, 2.45) is 5.41 Å². The summed E-state index contributed by atoms with van der Waals surface area (Å²) in [6.45, 7) is 0. The van der Waals surface area contributed by atoms with E-state index < -0.39 is 23.5 Å². The fourth-order valence-corrected chi connectivity index (χ4v) is 2.03. The summed E-state index contributed by atoms with van der Waals surface area (Å²) in [4.78, 5) is 22.6. The Bertz CT molecular complexity index is 597. The third-order valence-corrected chi connectivity index (χ3v) is 3.22. The van der Waals surface area contributed by atoms with Crippen molar-refractivity contribution in [1.82, 2.24) is 0 Å². The van der Waals surface area contributed by atoms with E-state index in [-0.39, 0.29) is 5.75 Å². The molecule has 0 fully saturated rings. The Kier molecular flexibility index (Phi) is 3.33. The van der Waals surface area contributed by atoms with Gasteiger partial charge in [-0.2, -0.15) is 0 Å². The molecule has 1 atom stereocenters. The fourth-order valence-electron chi connectivity index (χ4n) is 2.03. The van der Waals surface area contributed by atoms with Crippen molar-refractivity contribution in [3.8, 4) is 5.75 Å². The smallest absolute Gasteiger partial charge is 0.328 e. The minimum atomic E-state index is -2.41. The number of hydrogen-bond acceptors (Lipinski definition) is 4. The molecule has 4 N–H and O–H groups in total. The number of phenolic OH excluding ortho intramolecular Hbond substituents is 1. The first-order valence-electron chi connectivity index (χ1n) is 5.73. The average Bonchev–Trinajstić information content (AvgIpc) is 2.39. The number of aliphatic hydroxyl groups is 1. The number of phenols is 1. The zero-order valence-corrected chi connectivity index (χ0v) is 10.2. The predicted octanol–water partition coefficient (Wildman–Crippen LogP) is 0.862. The quantitative estimate of drug-likeness (QED) is 0.609. The summed E-state index contributed by atoms with van der Waals surface area (Å²) in [5, 5.41) is 37.3. The first-order chi connectivity index (χ1) is 9.37. The van der Waals surface area contributed by atoms with Gasteiger partial charge < -0.3 is 20.4 Å². The van der Waals surface area contributed by atoms with Crippen LogP contribution in [0, 0.1) is 5.41 Å². The largest absolute Gasteiger partial charge is 0.508 e. The van der Waals surface area contributed by atoms with Crippen LogP contribution in [-0.2, 0) is 9.59 Å². The van der Waals surface area contributed by atoms with Gasteiger partial charge in [0.2, 0.25) is 5.41 Å². The molecule has 0 amide bonds. The Labute approximate surface area is 113 Å². The van der Waals surface area contributed by atoms with Crippen molar-refractivity contribution in [2.75, 3.05) is 0 Å². The summed E-state index contributed by atoms with van der Waals surface area (Å²) in [6, 6.07) is 5.85. The molecule has 6 nitrogen and oxygen atoms in total. The van der Waals surface area contributed by atoms with Crippen LogP contribution in [0.25, 0.3) is 5.57 Å². The number of benzene rings is 1. The lowest BCUT2D eigenvalue weighted by atomic mass is 9.76. The molecule has 1 aromatic carbocycles. The van der Waals surface area contributed by atoms with Crippen molar-refractivity contribution in [2.45, 2.75) is 6.10 Å². The second kappa shape index (κ2) is 4.82. The predicted molar refractivity (Wildman–Crippen MR) is 68.9 cm³/mol. The van der Waals surface area contributed by atoms with Gasteiger partial charge in [-0.25, -0.2) is 0 Å². The van der Waals surface area contributed by atoms with Crippen LogP contribution in [0.15, 0.2) is 42.5 Å². The SMILES string of the molecule is O=C(O)C1(C(=O)O)C=C(c2ccc(O)cc2)C=CC1O. The number of carboxylic acid groups (broad SMARTS) is 2. The van der Waals surface area contributed by atoms with E-state index in [0.717, 1.165) is 12.2 Å². The molecule has 0 aromatic heterocycles. The van der Waals surface area contributed by atoms with E-state index in [4.69, 9.17) is 0 Å². The molecule has 1 unspecified atom stereocenters. The summed E-state index contributed by atoms with van der Waals surface area (Å²) < 4.78 is 0. The highest BCUT2D eigenvalue weighted by atomic mass is 16.4. The number of carbonyl (C=O) groups is 2. The summed E-state index contributed by atoms with van der Waals surface area (Å²) in [5.41, 5.74) is -1.53. The molecular formula is C14H12O6. The van der Waals surface area contributed by atoms with Crippen molar-refractivity contribution in [3.63, 3.8) is 0 Å². The second-order valence-corrected chi connectivity index (χ2v) is 4.43. The molecule has 1 aromatic rings. The third-order valence-electron chi connectivity index (χ3n) is 3.22. The van der Waals surface area contributed by atoms with Gasteiger partial charge in [0.1, 0.15) is 11.9 Å². The molecule has 0 heterocycles. The molecule has 2 rings (SSSR count). The van der Waals surface area contributed by atoms with Gasteiger partial charge in [-0.3, -0.25) is 9.59 Å². The summed E-state index contributed by atoms with van der Waals surface area (Å²) in [6.07, 6.45) is 1.93. The lowest BCUT2D eigenvalue weighted by molar-refractivity contribution is -0.166. The van der Waals surface area contributed by atoms with Gasteiger partial charge in [0, 0.05) is 0 Å². The average molecular weight is 276 g/mol. The van der Waals surface area contributed by atoms with Crippen LogP contribution in [0.3, 0.4) is 0 Å². The fraction of sp³-hybridized carbons (Fsp3) is 0.143. The van der Waals surface area contributed by atoms with Crippen LogP contribution >= 0.6 is 0 Å². The van der Waals surface area contributed by atoms with Gasteiger partial charge in [0.15, 0.2) is 0 Å². The lowest BCUT2D eigenvalue weighted by Crippen LogP contribution is -2.47. The monoisotopic (exact) mass is 276 g/mol. The van der Waals surface area contributed by atoms with Crippen LogP contribution in [0.2, 0.25) is 0 Å². The Balaban J connectivity index is 2.55. The van der Waals surface area contributed by atoms with E-state index in [0.29, 0.717) is 11.1 Å². The highest BCUT2D eigenvalue weighted by Gasteiger charge is 2.51. The number of aliphatic hydroxyl groups excluding tert-OH is 1. The van der Waals surface area contributed by atoms with Gasteiger partial charge in [0.05, 0.1) is 0 Å². The van der Waals surface area contributed by atoms with E-state index in [1.807, 2.05) is 0 Å². The zero-order chi connectivity index (χ0) is 14.9. The van der Waals surface area contributed by atoms with Crippen LogP contribution in [0.4, 0.5) is 0 Å². The first kappa shape index (κ1) is 13.8. The highest BCUT2D eigenvalue weighted by Crippen LogP contribution is 2.35. The maximum absolute atomic E-state index is 11.3. The van der Waals surface area contributed by atoms with E-state index in [9.17, 15) is 30.0 Å². The van der Waals surface area contributed by atoms with Gasteiger partial charge in [0.25, 0.3) is 0 Å². The van der Waals surface area contributed by atoms with Crippen LogP contribution in [0.5, 0.6) is 5.75 Å². The zero-order valence-electron chi connectivity index (χ0n) is 10.2. The van der Waals surface area contributed by atoms with Crippen LogP contribution in [0.1, 0.15) is 5.56 Å². The standard InChI is InChI=1S/C14H12O6/c15-10-4-1-8(2-5-10)9-3-6-11(16)14(7-9,12(17)18)13(19)20/h1-7,11,15-16H,(H,17,18)(H,19,20). The molecule has 0 saturated heterocycles. The number of aromatic hydroxyl groups is 1. The topological polar surface area (TPSA) is 115 Å². The molecule has 1 aliphatic carbocycles. The lowest BCUT2D eigenvalue weighted by Gasteiger charge is -2.28. The molecule has 0 radical (unpaired) electrons. The molecule has 104 valence electrons. The number of aliphatic carboxylic acids is 2. The summed E-state index contributed by atoms with van der Waals surface area (Å²) in [5.74, 6) is -3.24. The maximum atomic E-state index is 11.3. The second-order valence-electron chi connectivity index (χ2n) is 4.43. The molecular weight excluding hydrogens is 264 g/mol. The molecule has 0 bridgehead atoms. The number of carboxylic acids is 2. The minimum Gasteiger partial charge on any atom is -0.508 e. The molecule has 0 spiro atoms. The van der Waals surface area contributed by atoms with Crippen molar-refractivity contribution < 1.29 is 30.0 Å². The van der Waals surface area contributed by atoms with E-state index in [1.54, 1.807) is 0 Å². The highest BCUT2D eigenvalue weighted by molar-refractivity contribution is 6.04. The van der Waals surface area contributed by atoms with Crippen LogP contribution < -0.4 is 0 Å². The van der Waals surface area contributed by atoms with Gasteiger partial charge >= 0.3 is 11.9 Å². The summed E-state index contributed by atoms with van der Waals surface area (Å²) >= 11 is 0. The first-order valence-corrected chi connectivity index (χ1v) is 5.73. The van der Waals surface area contributed by atoms with E-state index >= 15 is 0 Å². The van der Waals surface area contributed by atoms with Crippen molar-refractivity contribution in [1.29, 1.82) is 0 Å². The maximum Gasteiger partial charge on any atom is 0.328 e. The number of allylic oxidation sites excluding steroid dienone is 2. The molecule has 0 saturated carbocycles. The van der Waals surface area contributed by atoms with Crippen molar-refractivity contribution >= 4 is 17.5 Å². The minimum absolute atomic E-state index is 0.0388. The van der Waals surface area contributed by atoms with E-state index in [1.165, 1.54) is 30.3 Å². The van der Waals surface area contributed by atoms with Crippen molar-refractivity contribution in [3.05, 3.63) is 48.1 Å². The Hall–Kier alpha value is -2.60. The van der Waals surface area contributed by atoms with E-state index in [2.05, 4.69) is 0 Å². The van der Waals surface area contributed by atoms with Gasteiger partial charge in [-0.15, -0.1) is 0 Å². The molecule has 1 aliphatic rings. The van der Waals surface area contributed by atoms with Crippen LogP contribution in [-0.4, -0.2) is 38.5 Å².